The van der Waals surface area contributed by atoms with Crippen LogP contribution in [0.25, 0.3) is 0 Å². The number of benzene rings is 6. The number of aliphatic hydroxyl groups excluding tert-OH is 2. The molecule has 0 unspecified atom stereocenters. The molecule has 0 aliphatic heterocycles. The molecule has 4 heterocycles. The Bertz CT molecular complexity index is 5000. The van der Waals surface area contributed by atoms with Crippen LogP contribution in [0.4, 0.5) is 0 Å². The molecule has 8 N–H and O–H groups in total. The molecule has 0 saturated carbocycles. The first-order valence-electron chi connectivity index (χ1n) is 34.2. The summed E-state index contributed by atoms with van der Waals surface area (Å²) in [6, 6.07) is 28.5. The second kappa shape index (κ2) is 51.7. The van der Waals surface area contributed by atoms with E-state index in [4.69, 9.17) is 202 Å². The molecule has 0 fully saturated rings. The summed E-state index contributed by atoms with van der Waals surface area (Å²) in [4.78, 5) is 54.9. The number of hydrogen-bond acceptors (Lipinski definition) is 22. The van der Waals surface area contributed by atoms with E-state index in [0.29, 0.717) is 77.4 Å². The van der Waals surface area contributed by atoms with E-state index in [0.717, 1.165) is 33.4 Å². The molecule has 0 spiro atoms. The lowest BCUT2D eigenvalue weighted by molar-refractivity contribution is -0.140. The van der Waals surface area contributed by atoms with Crippen molar-refractivity contribution in [2.45, 2.75) is 125 Å². The summed E-state index contributed by atoms with van der Waals surface area (Å²) in [6.07, 6.45) is 0.900. The third-order valence-corrected chi connectivity index (χ3v) is 19.0. The number of carbonyl (C=O) groups excluding carboxylic acids is 2. The molecule has 0 amide bonds. The van der Waals surface area contributed by atoms with Crippen molar-refractivity contribution in [1.82, 2.24) is 40.8 Å². The zero-order valence-electron chi connectivity index (χ0n) is 63.5. The minimum absolute atomic E-state index is 0. The molecule has 4 aromatic heterocycles. The van der Waals surface area contributed by atoms with Crippen molar-refractivity contribution in [2.24, 2.45) is 0 Å². The summed E-state index contributed by atoms with van der Waals surface area (Å²) in [6.45, 7) is 15.8. The van der Waals surface area contributed by atoms with E-state index >= 15 is 0 Å². The number of rotatable bonds is 22. The molecule has 10 aromatic rings. The quantitative estimate of drug-likeness (QED) is 0.0292. The van der Waals surface area contributed by atoms with Gasteiger partial charge in [0.2, 0.25) is 17.6 Å². The van der Waals surface area contributed by atoms with Crippen molar-refractivity contribution in [3.05, 3.63) is 246 Å². The molecule has 118 heavy (non-hydrogen) atoms. The summed E-state index contributed by atoms with van der Waals surface area (Å²) in [7, 11) is 2.65. The summed E-state index contributed by atoms with van der Waals surface area (Å²) in [5.41, 5.74) is 6.78. The average Bonchev–Trinajstić information content (AvgIpc) is 0.822. The fraction of sp³-hybridized carbons (Fsp3) is 0.291. The van der Waals surface area contributed by atoms with Crippen LogP contribution in [0.2, 0.25) is 70.8 Å². The Kier molecular flexibility index (Phi) is 45.7. The number of halogens is 14. The van der Waals surface area contributed by atoms with Crippen LogP contribution in [0, 0.1) is 0 Å². The summed E-state index contributed by atoms with van der Waals surface area (Å²) in [5, 5.41) is 95.0. The maximum atomic E-state index is 11.7. The van der Waals surface area contributed by atoms with Gasteiger partial charge in [0.15, 0.2) is 49.4 Å². The number of carbonyl (C=O) groups is 4. The van der Waals surface area contributed by atoms with Crippen molar-refractivity contribution >= 4 is 186 Å². The number of phenols is 3. The number of H-pyrrole nitrogens is 1. The SMILES string of the molecule is C.CC(C)c1cc(Cl)nnc1Cl.CC(C)c1cc(Oc2c(Cl)cc(CC(=O)O)cc2Cl)n[nH]c1=O.CC(C)c1cc(Oc2c(Cl)cc(CC(=O)O)cc2Cl)nnc1Cl.CC(C)c1cc(Oc2c(Cl)cc(CCO)cc2Cl)nnc1Cl.COC(=O)Cc1cc(Cl)c(O)c(Cl)c1.COC(=O)Cc1ccc(O)cc1.OCCc1cc(Cl)c(O)c(Cl)c1. The zero-order chi connectivity index (χ0) is 87.8. The summed E-state index contributed by atoms with van der Waals surface area (Å²) in [5.74, 6) is -0.819. The highest BCUT2D eigenvalue weighted by Crippen LogP contribution is 2.42. The van der Waals surface area contributed by atoms with Crippen LogP contribution in [-0.2, 0) is 67.2 Å². The van der Waals surface area contributed by atoms with E-state index in [1.165, 1.54) is 68.8 Å². The number of aliphatic carboxylic acids is 2. The van der Waals surface area contributed by atoms with Crippen molar-refractivity contribution in [2.75, 3.05) is 27.4 Å². The number of carboxylic acid groups (broad SMARTS) is 2. The van der Waals surface area contributed by atoms with Gasteiger partial charge in [-0.05, 0) is 165 Å². The number of aliphatic hydroxyl groups is 2. The van der Waals surface area contributed by atoms with Gasteiger partial charge in [-0.3, -0.25) is 24.0 Å². The van der Waals surface area contributed by atoms with Gasteiger partial charge in [0.05, 0.1) is 90.1 Å². The number of aromatic hydroxyl groups is 3. The number of carboxylic acids is 2. The van der Waals surface area contributed by atoms with E-state index < -0.39 is 11.9 Å². The third kappa shape index (κ3) is 35.0. The van der Waals surface area contributed by atoms with E-state index in [1.807, 2.05) is 55.4 Å². The first-order chi connectivity index (χ1) is 55.0. The lowest BCUT2D eigenvalue weighted by Crippen LogP contribution is -2.15. The number of aromatic nitrogens is 8. The van der Waals surface area contributed by atoms with Crippen LogP contribution in [0.1, 0.15) is 142 Å². The Labute approximate surface area is 750 Å². The molecule has 10 rings (SSSR count). The number of nitrogens with one attached hydrogen (secondary N) is 1. The van der Waals surface area contributed by atoms with Crippen LogP contribution < -0.4 is 19.8 Å². The standard InChI is InChI=1S/C15H13Cl3N2O3.C15H15Cl3N2O2.C15H14Cl2N2O4.C9H8Cl2O3.C9H10O3.C8H8Cl2O2.C7H8Cl2N2.CH4/c1-7(2)9-6-12(19-20-15(9)18)23-14-10(16)3-8(4-11(14)17)5-13(21)22;1-8(2)10-7-13(19-20-15(10)18)22-14-11(16)5-9(3-4-21)6-12(14)17;1-7(2)9-6-12(18-19-15(9)22)23-14-10(16)3-8(4-11(14)17)5-13(20)21;1-14-8(12)4-5-2-6(10)9(13)7(11)3-5;1-12-9(11)6-7-2-4-8(10)5-3-7;9-6-3-5(1-2-11)4-7(10)8(6)12;1-4(2)5-3-6(8)10-11-7(5)9;/h3-4,6-7H,5H2,1-2H3,(H,21,22);5-8,21H,3-4H2,1-2H3;3-4,6-7H,5H2,1-2H3,(H,19,22)(H,20,21);2-3,13H,4H2,1H3;2-5,10H,6H2,1H3;3-4,11-12H,1-2H2;3-4H,1-2H3;1H4. The topological polar surface area (TPSA) is 379 Å². The fourth-order valence-corrected chi connectivity index (χ4v) is 13.3. The molecule has 39 heteroatoms. The predicted molar refractivity (Wildman–Crippen MR) is 464 cm³/mol. The van der Waals surface area contributed by atoms with Crippen LogP contribution in [-0.4, -0.2) is 128 Å². The van der Waals surface area contributed by atoms with Gasteiger partial charge in [-0.2, -0.15) is 0 Å². The van der Waals surface area contributed by atoms with Crippen LogP contribution in [0.5, 0.6) is 52.1 Å². The number of nitrogens with zero attached hydrogens (tertiary/aromatic N) is 7. The smallest absolute Gasteiger partial charge is 0.309 e. The lowest BCUT2D eigenvalue weighted by atomic mass is 10.1. The van der Waals surface area contributed by atoms with Gasteiger partial charge in [0, 0.05) is 37.0 Å². The lowest BCUT2D eigenvalue weighted by Gasteiger charge is -2.12. The highest BCUT2D eigenvalue weighted by Gasteiger charge is 2.21. The van der Waals surface area contributed by atoms with Gasteiger partial charge in [0.25, 0.3) is 5.56 Å². The van der Waals surface area contributed by atoms with Crippen LogP contribution in [0.3, 0.4) is 0 Å². The summed E-state index contributed by atoms with van der Waals surface area (Å²) < 4.78 is 25.8. The number of esters is 2. The van der Waals surface area contributed by atoms with Gasteiger partial charge in [-0.15, -0.1) is 35.7 Å². The maximum absolute atomic E-state index is 11.7. The van der Waals surface area contributed by atoms with E-state index in [9.17, 15) is 34.2 Å². The fourth-order valence-electron chi connectivity index (χ4n) is 9.28. The van der Waals surface area contributed by atoms with Crippen LogP contribution in [0.15, 0.2) is 114 Å². The second-order valence-corrected chi connectivity index (χ2v) is 31.0. The molecular weight excluding hydrogens is 1830 g/mol. The molecule has 0 aliphatic carbocycles. The molecule has 0 saturated heterocycles. The first-order valence-corrected chi connectivity index (χ1v) is 39.5. The number of hydrogen-bond donors (Lipinski definition) is 8. The van der Waals surface area contributed by atoms with Gasteiger partial charge in [0.1, 0.15) is 5.75 Å². The zero-order valence-corrected chi connectivity index (χ0v) is 74.1. The molecular formula is C79H80Cl14N8O17. The molecule has 0 bridgehead atoms. The largest absolute Gasteiger partial charge is 0.508 e. The Hall–Kier alpha value is -7.90. The minimum Gasteiger partial charge on any atom is -0.508 e. The molecule has 0 aliphatic rings. The van der Waals surface area contributed by atoms with E-state index in [1.54, 1.807) is 54.6 Å². The molecule has 25 nitrogen and oxygen atoms in total. The third-order valence-electron chi connectivity index (χ3n) is 15.1. The van der Waals surface area contributed by atoms with Crippen molar-refractivity contribution in [3.63, 3.8) is 0 Å². The highest BCUT2D eigenvalue weighted by molar-refractivity contribution is 6.40. The number of methoxy groups -OCH3 is 2. The van der Waals surface area contributed by atoms with Gasteiger partial charge >= 0.3 is 23.9 Å². The number of phenolic OH excluding ortho intramolecular Hbond substituents is 3. The Balaban J connectivity index is 0.000000363. The van der Waals surface area contributed by atoms with Gasteiger partial charge in [-0.25, -0.2) is 5.10 Å². The Morgan fingerprint density at radius 3 is 0.983 bits per heavy atom. The average molecular weight is 1910 g/mol. The normalized spacial score (nSPS) is 10.5. The van der Waals surface area contributed by atoms with Crippen molar-refractivity contribution in [3.8, 4) is 52.1 Å². The monoisotopic (exact) mass is 1900 g/mol. The van der Waals surface area contributed by atoms with Crippen LogP contribution >= 0.6 is 162 Å². The van der Waals surface area contributed by atoms with Crippen molar-refractivity contribution < 1.29 is 78.6 Å². The Morgan fingerprint density at radius 2 is 0.661 bits per heavy atom. The highest BCUT2D eigenvalue weighted by atomic mass is 35.5. The van der Waals surface area contributed by atoms with E-state index in [-0.39, 0.29) is 168 Å². The maximum Gasteiger partial charge on any atom is 0.309 e. The van der Waals surface area contributed by atoms with Gasteiger partial charge in [-0.1, -0.05) is 237 Å². The first kappa shape index (κ1) is 104. The predicted octanol–water partition coefficient (Wildman–Crippen LogP) is 22.8. The Morgan fingerprint density at radius 1 is 0.373 bits per heavy atom. The second-order valence-electron chi connectivity index (χ2n) is 25.4. The number of ether oxygens (including phenoxy) is 5. The molecule has 0 radical (unpaired) electrons. The molecule has 6 aromatic carbocycles. The van der Waals surface area contributed by atoms with E-state index in [2.05, 4.69) is 50.3 Å². The minimum atomic E-state index is -0.991. The molecule has 0 atom stereocenters. The van der Waals surface area contributed by atoms with Crippen molar-refractivity contribution in [1.29, 1.82) is 0 Å². The molecule has 636 valence electrons. The summed E-state index contributed by atoms with van der Waals surface area (Å²) >= 11 is 82.8. The number of aromatic amines is 1. The van der Waals surface area contributed by atoms with Gasteiger partial charge < -0.3 is 59.4 Å².